The third kappa shape index (κ3) is 3.66. The van der Waals surface area contributed by atoms with E-state index < -0.39 is 0 Å². The minimum absolute atomic E-state index is 0.659. The molecule has 1 aromatic rings. The number of anilines is 1. The minimum atomic E-state index is 0.659. The van der Waals surface area contributed by atoms with Crippen molar-refractivity contribution in [1.82, 2.24) is 15.3 Å². The van der Waals surface area contributed by atoms with Gasteiger partial charge in [-0.05, 0) is 25.8 Å². The van der Waals surface area contributed by atoms with Gasteiger partial charge in [0.25, 0.3) is 0 Å². The fraction of sp³-hybridized carbons (Fsp3) is 0.636. The Labute approximate surface area is 95.6 Å². The third-order valence-corrected chi connectivity index (χ3v) is 2.51. The highest BCUT2D eigenvalue weighted by molar-refractivity contribution is 5.26. The molecule has 0 unspecified atom stereocenters. The molecule has 1 aliphatic rings. The van der Waals surface area contributed by atoms with E-state index in [9.17, 15) is 0 Å². The molecule has 88 valence electrons. The second-order valence-electron chi connectivity index (χ2n) is 3.96. The summed E-state index contributed by atoms with van der Waals surface area (Å²) in [6.45, 7) is 1.96. The summed E-state index contributed by atoms with van der Waals surface area (Å²) in [5.74, 6) is 1.34. The van der Waals surface area contributed by atoms with Crippen molar-refractivity contribution >= 4 is 5.95 Å². The van der Waals surface area contributed by atoms with E-state index >= 15 is 0 Å². The lowest BCUT2D eigenvalue weighted by molar-refractivity contribution is 0.411. The highest BCUT2D eigenvalue weighted by Gasteiger charge is 2.19. The molecule has 0 aromatic carbocycles. The number of hydrogen-bond donors (Lipinski definition) is 2. The van der Waals surface area contributed by atoms with E-state index in [1.54, 1.807) is 19.5 Å². The lowest BCUT2D eigenvalue weighted by Crippen LogP contribution is -2.20. The van der Waals surface area contributed by atoms with E-state index in [2.05, 4.69) is 20.6 Å². The molecular weight excluding hydrogens is 204 g/mol. The molecule has 0 amide bonds. The standard InChI is InChI=1S/C11H18N4O/c1-16-10-7-14-11(15-8-10)13-6-2-5-12-9-3-4-9/h7-9,12H,2-6H2,1H3,(H,13,14,15). The van der Waals surface area contributed by atoms with Crippen LogP contribution in [0.15, 0.2) is 12.4 Å². The Morgan fingerprint density at radius 1 is 1.31 bits per heavy atom. The van der Waals surface area contributed by atoms with Gasteiger partial charge in [0.1, 0.15) is 0 Å². The predicted molar refractivity (Wildman–Crippen MR) is 62.7 cm³/mol. The van der Waals surface area contributed by atoms with Crippen LogP contribution in [0, 0.1) is 0 Å². The van der Waals surface area contributed by atoms with Crippen LogP contribution in [-0.2, 0) is 0 Å². The third-order valence-electron chi connectivity index (χ3n) is 2.51. The molecule has 0 spiro atoms. The van der Waals surface area contributed by atoms with Crippen LogP contribution >= 0.6 is 0 Å². The lowest BCUT2D eigenvalue weighted by Gasteiger charge is -2.05. The normalized spacial score (nSPS) is 14.8. The molecule has 0 aliphatic heterocycles. The molecule has 2 rings (SSSR count). The lowest BCUT2D eigenvalue weighted by atomic mass is 10.4. The first kappa shape index (κ1) is 11.1. The Bertz CT molecular complexity index is 310. The maximum atomic E-state index is 4.98. The van der Waals surface area contributed by atoms with E-state index in [-0.39, 0.29) is 0 Å². The van der Waals surface area contributed by atoms with E-state index in [1.165, 1.54) is 12.8 Å². The van der Waals surface area contributed by atoms with Gasteiger partial charge in [-0.25, -0.2) is 9.97 Å². The summed E-state index contributed by atoms with van der Waals surface area (Å²) >= 11 is 0. The molecule has 1 aromatic heterocycles. The van der Waals surface area contributed by atoms with Gasteiger partial charge in [0.2, 0.25) is 5.95 Å². The highest BCUT2D eigenvalue weighted by atomic mass is 16.5. The fourth-order valence-corrected chi connectivity index (χ4v) is 1.40. The van der Waals surface area contributed by atoms with Crippen molar-refractivity contribution in [3.8, 4) is 5.75 Å². The summed E-state index contributed by atoms with van der Waals surface area (Å²) in [5, 5.41) is 6.63. The Morgan fingerprint density at radius 3 is 2.69 bits per heavy atom. The number of hydrogen-bond acceptors (Lipinski definition) is 5. The van der Waals surface area contributed by atoms with Crippen molar-refractivity contribution < 1.29 is 4.74 Å². The first-order chi connectivity index (χ1) is 7.88. The summed E-state index contributed by atoms with van der Waals surface area (Å²) in [6, 6.07) is 0.789. The largest absolute Gasteiger partial charge is 0.494 e. The average molecular weight is 222 g/mol. The zero-order valence-corrected chi connectivity index (χ0v) is 9.57. The molecule has 16 heavy (non-hydrogen) atoms. The van der Waals surface area contributed by atoms with Crippen molar-refractivity contribution in [1.29, 1.82) is 0 Å². The minimum Gasteiger partial charge on any atom is -0.494 e. The molecule has 2 N–H and O–H groups in total. The second-order valence-corrected chi connectivity index (χ2v) is 3.96. The molecule has 1 aliphatic carbocycles. The van der Waals surface area contributed by atoms with Crippen LogP contribution in [0.1, 0.15) is 19.3 Å². The Balaban J connectivity index is 1.60. The van der Waals surface area contributed by atoms with Gasteiger partial charge in [-0.15, -0.1) is 0 Å². The van der Waals surface area contributed by atoms with Crippen molar-refractivity contribution in [2.45, 2.75) is 25.3 Å². The summed E-state index contributed by atoms with van der Waals surface area (Å²) in [6.07, 6.45) is 7.10. The van der Waals surface area contributed by atoms with Crippen molar-refractivity contribution in [2.75, 3.05) is 25.5 Å². The topological polar surface area (TPSA) is 59.1 Å². The molecule has 1 fully saturated rings. The number of aromatic nitrogens is 2. The number of ether oxygens (including phenoxy) is 1. The van der Waals surface area contributed by atoms with Crippen molar-refractivity contribution in [3.63, 3.8) is 0 Å². The molecule has 5 heteroatoms. The van der Waals surface area contributed by atoms with Gasteiger partial charge >= 0.3 is 0 Å². The quantitative estimate of drug-likeness (QED) is 0.675. The summed E-state index contributed by atoms with van der Waals surface area (Å²) in [4.78, 5) is 8.25. The van der Waals surface area contributed by atoms with E-state index in [0.29, 0.717) is 11.7 Å². The Morgan fingerprint density at radius 2 is 2.06 bits per heavy atom. The zero-order valence-electron chi connectivity index (χ0n) is 9.57. The van der Waals surface area contributed by atoms with Crippen molar-refractivity contribution in [3.05, 3.63) is 12.4 Å². The van der Waals surface area contributed by atoms with Gasteiger partial charge in [0, 0.05) is 12.6 Å². The number of methoxy groups -OCH3 is 1. The molecule has 0 saturated heterocycles. The first-order valence-electron chi connectivity index (χ1n) is 5.72. The molecule has 0 atom stereocenters. The average Bonchev–Trinajstić information content (AvgIpc) is 3.13. The van der Waals surface area contributed by atoms with Crippen LogP contribution in [0.25, 0.3) is 0 Å². The summed E-state index contributed by atoms with van der Waals surface area (Å²) in [5.41, 5.74) is 0. The number of nitrogens with zero attached hydrogens (tertiary/aromatic N) is 2. The molecular formula is C11H18N4O. The number of rotatable bonds is 7. The van der Waals surface area contributed by atoms with E-state index in [4.69, 9.17) is 4.74 Å². The molecule has 0 bridgehead atoms. The van der Waals surface area contributed by atoms with Crippen LogP contribution in [0.5, 0.6) is 5.75 Å². The van der Waals surface area contributed by atoms with Gasteiger partial charge in [-0.1, -0.05) is 0 Å². The van der Waals surface area contributed by atoms with Crippen LogP contribution < -0.4 is 15.4 Å². The predicted octanol–water partition coefficient (Wildman–Crippen LogP) is 1.04. The second kappa shape index (κ2) is 5.65. The van der Waals surface area contributed by atoms with Gasteiger partial charge in [0.15, 0.2) is 5.75 Å². The van der Waals surface area contributed by atoms with E-state index in [1.807, 2.05) is 0 Å². The maximum absolute atomic E-state index is 4.98. The highest BCUT2D eigenvalue weighted by Crippen LogP contribution is 2.18. The van der Waals surface area contributed by atoms with Gasteiger partial charge < -0.3 is 15.4 Å². The molecule has 0 radical (unpaired) electrons. The summed E-state index contributed by atoms with van der Waals surface area (Å²) in [7, 11) is 1.61. The van der Waals surface area contributed by atoms with E-state index in [0.717, 1.165) is 25.6 Å². The molecule has 1 heterocycles. The molecule has 1 saturated carbocycles. The monoisotopic (exact) mass is 222 g/mol. The smallest absolute Gasteiger partial charge is 0.222 e. The Hall–Kier alpha value is -1.36. The maximum Gasteiger partial charge on any atom is 0.222 e. The summed E-state index contributed by atoms with van der Waals surface area (Å²) < 4.78 is 4.98. The van der Waals surface area contributed by atoms with Crippen LogP contribution in [-0.4, -0.2) is 36.2 Å². The fourth-order valence-electron chi connectivity index (χ4n) is 1.40. The SMILES string of the molecule is COc1cnc(NCCCNC2CC2)nc1. The van der Waals surface area contributed by atoms with Crippen LogP contribution in [0.3, 0.4) is 0 Å². The van der Waals surface area contributed by atoms with Gasteiger partial charge in [-0.3, -0.25) is 0 Å². The zero-order chi connectivity index (χ0) is 11.2. The van der Waals surface area contributed by atoms with Crippen LogP contribution in [0.2, 0.25) is 0 Å². The first-order valence-corrected chi connectivity index (χ1v) is 5.72. The Kier molecular flexibility index (Phi) is 3.93. The molecule has 5 nitrogen and oxygen atoms in total. The van der Waals surface area contributed by atoms with Crippen molar-refractivity contribution in [2.24, 2.45) is 0 Å². The van der Waals surface area contributed by atoms with Gasteiger partial charge in [0.05, 0.1) is 19.5 Å². The van der Waals surface area contributed by atoms with Crippen LogP contribution in [0.4, 0.5) is 5.95 Å². The van der Waals surface area contributed by atoms with Gasteiger partial charge in [-0.2, -0.15) is 0 Å². The number of nitrogens with one attached hydrogen (secondary N) is 2.